The average molecular weight is 237 g/mol. The molecule has 0 aliphatic heterocycles. The number of hydrogen-bond donors (Lipinski definition) is 1. The zero-order chi connectivity index (χ0) is 11.5. The lowest BCUT2D eigenvalue weighted by molar-refractivity contribution is 0.0693. The van der Waals surface area contributed by atoms with E-state index < -0.39 is 10.8 Å². The minimum absolute atomic E-state index is 0.315. The van der Waals surface area contributed by atoms with Crippen LogP contribution in [0.4, 0.5) is 0 Å². The Bertz CT molecular complexity index is 167. The molecule has 15 heavy (non-hydrogen) atoms. The van der Waals surface area contributed by atoms with Crippen molar-refractivity contribution in [3.63, 3.8) is 0 Å². The monoisotopic (exact) mass is 237 g/mol. The molecule has 0 amide bonds. The molecule has 0 bridgehead atoms. The SMILES string of the molecule is COCCOCCCNC(C)CS(C)=O. The highest BCUT2D eigenvalue weighted by Crippen LogP contribution is 1.87. The van der Waals surface area contributed by atoms with Crippen molar-refractivity contribution >= 4 is 10.8 Å². The van der Waals surface area contributed by atoms with Crippen LogP contribution in [0.5, 0.6) is 0 Å². The van der Waals surface area contributed by atoms with E-state index in [0.717, 1.165) is 19.6 Å². The first kappa shape index (κ1) is 15.0. The molecular weight excluding hydrogens is 214 g/mol. The van der Waals surface area contributed by atoms with Gasteiger partial charge in [-0.3, -0.25) is 4.21 Å². The molecule has 0 aliphatic rings. The van der Waals surface area contributed by atoms with Gasteiger partial charge in [-0.05, 0) is 19.9 Å². The molecule has 0 saturated heterocycles. The Labute approximate surface area is 95.2 Å². The summed E-state index contributed by atoms with van der Waals surface area (Å²) in [5, 5.41) is 3.30. The van der Waals surface area contributed by atoms with Gasteiger partial charge in [0.1, 0.15) is 0 Å². The number of methoxy groups -OCH3 is 1. The van der Waals surface area contributed by atoms with Crippen LogP contribution >= 0.6 is 0 Å². The van der Waals surface area contributed by atoms with Gasteiger partial charge in [-0.2, -0.15) is 0 Å². The molecule has 0 aliphatic carbocycles. The van der Waals surface area contributed by atoms with Crippen molar-refractivity contribution in [3.8, 4) is 0 Å². The molecule has 0 heterocycles. The van der Waals surface area contributed by atoms with Crippen LogP contribution in [0.3, 0.4) is 0 Å². The van der Waals surface area contributed by atoms with Crippen LogP contribution in [-0.4, -0.2) is 55.7 Å². The molecule has 2 atom stereocenters. The van der Waals surface area contributed by atoms with Crippen molar-refractivity contribution in [1.29, 1.82) is 0 Å². The minimum Gasteiger partial charge on any atom is -0.382 e. The first-order valence-electron chi connectivity index (χ1n) is 5.27. The van der Waals surface area contributed by atoms with E-state index in [9.17, 15) is 4.21 Å². The summed E-state index contributed by atoms with van der Waals surface area (Å²) in [6, 6.07) is 0.315. The molecule has 0 aromatic carbocycles. The van der Waals surface area contributed by atoms with Gasteiger partial charge in [0, 0.05) is 42.6 Å². The summed E-state index contributed by atoms with van der Waals surface area (Å²) in [5.74, 6) is 0.713. The van der Waals surface area contributed by atoms with Gasteiger partial charge in [-0.1, -0.05) is 0 Å². The van der Waals surface area contributed by atoms with E-state index in [1.54, 1.807) is 13.4 Å². The molecule has 2 unspecified atom stereocenters. The molecule has 0 aromatic heterocycles. The number of hydrogen-bond acceptors (Lipinski definition) is 4. The van der Waals surface area contributed by atoms with Crippen LogP contribution in [0.1, 0.15) is 13.3 Å². The minimum atomic E-state index is -0.717. The van der Waals surface area contributed by atoms with Crippen molar-refractivity contribution in [3.05, 3.63) is 0 Å². The van der Waals surface area contributed by atoms with Crippen molar-refractivity contribution in [2.24, 2.45) is 0 Å². The summed E-state index contributed by atoms with van der Waals surface area (Å²) >= 11 is 0. The van der Waals surface area contributed by atoms with Crippen LogP contribution in [0.2, 0.25) is 0 Å². The summed E-state index contributed by atoms with van der Waals surface area (Å²) in [6.07, 6.45) is 2.70. The summed E-state index contributed by atoms with van der Waals surface area (Å²) < 4.78 is 21.1. The fourth-order valence-electron chi connectivity index (χ4n) is 1.18. The highest BCUT2D eigenvalue weighted by molar-refractivity contribution is 7.84. The lowest BCUT2D eigenvalue weighted by atomic mass is 10.3. The average Bonchev–Trinajstić information content (AvgIpc) is 2.15. The Morgan fingerprint density at radius 3 is 2.67 bits per heavy atom. The summed E-state index contributed by atoms with van der Waals surface area (Å²) in [7, 11) is 0.947. The van der Waals surface area contributed by atoms with Crippen LogP contribution in [0.15, 0.2) is 0 Å². The van der Waals surface area contributed by atoms with Crippen molar-refractivity contribution in [2.45, 2.75) is 19.4 Å². The van der Waals surface area contributed by atoms with Gasteiger partial charge in [0.25, 0.3) is 0 Å². The third-order valence-electron chi connectivity index (χ3n) is 1.87. The second-order valence-electron chi connectivity index (χ2n) is 3.55. The number of nitrogens with one attached hydrogen (secondary N) is 1. The largest absolute Gasteiger partial charge is 0.382 e. The predicted molar refractivity (Wildman–Crippen MR) is 63.7 cm³/mol. The van der Waals surface area contributed by atoms with Gasteiger partial charge in [-0.15, -0.1) is 0 Å². The lowest BCUT2D eigenvalue weighted by Gasteiger charge is -2.11. The third-order valence-corrected chi connectivity index (χ3v) is 2.84. The zero-order valence-corrected chi connectivity index (χ0v) is 10.8. The van der Waals surface area contributed by atoms with Gasteiger partial charge in [0.2, 0.25) is 0 Å². The lowest BCUT2D eigenvalue weighted by Crippen LogP contribution is -2.32. The van der Waals surface area contributed by atoms with E-state index in [1.165, 1.54) is 0 Å². The van der Waals surface area contributed by atoms with E-state index in [-0.39, 0.29) is 0 Å². The first-order valence-corrected chi connectivity index (χ1v) is 6.99. The first-order chi connectivity index (χ1) is 7.16. The molecule has 1 N–H and O–H groups in total. The molecule has 0 fully saturated rings. The summed E-state index contributed by atoms with van der Waals surface area (Å²) in [6.45, 7) is 5.01. The summed E-state index contributed by atoms with van der Waals surface area (Å²) in [5.41, 5.74) is 0. The zero-order valence-electron chi connectivity index (χ0n) is 9.95. The highest BCUT2D eigenvalue weighted by Gasteiger charge is 2.02. The second kappa shape index (κ2) is 10.5. The normalized spacial score (nSPS) is 15.1. The fraction of sp³-hybridized carbons (Fsp3) is 1.00. The van der Waals surface area contributed by atoms with Crippen LogP contribution < -0.4 is 5.32 Å². The maximum absolute atomic E-state index is 10.9. The Hall–Kier alpha value is 0.0300. The second-order valence-corrected chi connectivity index (χ2v) is 5.03. The van der Waals surface area contributed by atoms with Crippen LogP contribution in [-0.2, 0) is 20.3 Å². The van der Waals surface area contributed by atoms with Crippen molar-refractivity contribution < 1.29 is 13.7 Å². The molecule has 0 radical (unpaired) electrons. The molecule has 5 heteroatoms. The van der Waals surface area contributed by atoms with Gasteiger partial charge < -0.3 is 14.8 Å². The molecule has 92 valence electrons. The smallest absolute Gasteiger partial charge is 0.0700 e. The highest BCUT2D eigenvalue weighted by atomic mass is 32.2. The Kier molecular flexibility index (Phi) is 10.6. The van der Waals surface area contributed by atoms with Gasteiger partial charge in [0.05, 0.1) is 13.2 Å². The summed E-state index contributed by atoms with van der Waals surface area (Å²) in [4.78, 5) is 0. The molecular formula is C10H23NO3S. The molecule has 0 spiro atoms. The Morgan fingerprint density at radius 1 is 1.33 bits per heavy atom. The molecule has 0 rings (SSSR count). The van der Waals surface area contributed by atoms with E-state index in [0.29, 0.717) is 25.0 Å². The van der Waals surface area contributed by atoms with Gasteiger partial charge in [0.15, 0.2) is 0 Å². The molecule has 0 saturated carbocycles. The van der Waals surface area contributed by atoms with Gasteiger partial charge in [-0.25, -0.2) is 0 Å². The maximum atomic E-state index is 10.9. The van der Waals surface area contributed by atoms with Crippen molar-refractivity contribution in [1.82, 2.24) is 5.32 Å². The van der Waals surface area contributed by atoms with E-state index >= 15 is 0 Å². The van der Waals surface area contributed by atoms with E-state index in [2.05, 4.69) is 5.32 Å². The maximum Gasteiger partial charge on any atom is 0.0700 e. The van der Waals surface area contributed by atoms with E-state index in [1.807, 2.05) is 6.92 Å². The van der Waals surface area contributed by atoms with Crippen LogP contribution in [0.25, 0.3) is 0 Å². The van der Waals surface area contributed by atoms with E-state index in [4.69, 9.17) is 9.47 Å². The Balaban J connectivity index is 3.13. The third kappa shape index (κ3) is 12.0. The topological polar surface area (TPSA) is 47.6 Å². The van der Waals surface area contributed by atoms with Crippen LogP contribution in [0, 0.1) is 0 Å². The quantitative estimate of drug-likeness (QED) is 0.559. The fourth-order valence-corrected chi connectivity index (χ4v) is 2.00. The van der Waals surface area contributed by atoms with Gasteiger partial charge >= 0.3 is 0 Å². The Morgan fingerprint density at radius 2 is 2.07 bits per heavy atom. The number of ether oxygens (including phenoxy) is 2. The number of rotatable bonds is 10. The standard InChI is InChI=1S/C10H23NO3S/c1-10(9-15(3)12)11-5-4-6-14-8-7-13-2/h10-11H,4-9H2,1-3H3. The van der Waals surface area contributed by atoms with Crippen molar-refractivity contribution in [2.75, 3.05) is 45.5 Å². The molecule has 4 nitrogen and oxygen atoms in total. The molecule has 0 aromatic rings. The predicted octanol–water partition coefficient (Wildman–Crippen LogP) is 0.396.